The molecule has 0 saturated carbocycles. The average molecular weight is 647 g/mol. The molecule has 0 atom stereocenters. The van der Waals surface area contributed by atoms with Crippen molar-refractivity contribution in [1.82, 2.24) is 0 Å². The summed E-state index contributed by atoms with van der Waals surface area (Å²) in [6.07, 6.45) is 10.4. The topological polar surface area (TPSA) is 18.5 Å². The van der Waals surface area contributed by atoms with Crippen molar-refractivity contribution in [2.24, 2.45) is 0 Å². The molecule has 4 aromatic heterocycles. The Kier molecular flexibility index (Phi) is 11.2. The van der Waals surface area contributed by atoms with Crippen molar-refractivity contribution in [1.29, 1.82) is 0 Å². The fraction of sp³-hybridized carbons (Fsp3) is 0.438. The van der Waals surface area contributed by atoms with E-state index in [-0.39, 0.29) is 0 Å². The lowest BCUT2D eigenvalue weighted by Crippen LogP contribution is -1.87. The summed E-state index contributed by atoms with van der Waals surface area (Å²) in [5, 5.41) is 7.13. The molecule has 0 aliphatic rings. The van der Waals surface area contributed by atoms with Gasteiger partial charge < -0.3 is 9.47 Å². The summed E-state index contributed by atoms with van der Waals surface area (Å²) in [4.78, 5) is 2.50. The van der Waals surface area contributed by atoms with Crippen LogP contribution in [0.1, 0.15) is 65.2 Å². The van der Waals surface area contributed by atoms with E-state index in [0.717, 1.165) is 11.5 Å². The molecule has 0 fully saturated rings. The fourth-order valence-electron chi connectivity index (χ4n) is 5.00. The largest absolute Gasteiger partial charge is 0.495 e. The Morgan fingerprint density at radius 2 is 1.07 bits per heavy atom. The molecule has 0 spiro atoms. The van der Waals surface area contributed by atoms with Crippen molar-refractivity contribution in [3.05, 3.63) is 35.0 Å². The Morgan fingerprint density at radius 3 is 1.48 bits per heavy atom. The first-order valence-electron chi connectivity index (χ1n) is 14.2. The number of thioether (sulfide) groups is 2. The van der Waals surface area contributed by atoms with Crippen molar-refractivity contribution in [2.75, 3.05) is 25.7 Å². The molecule has 214 valence electrons. The molecule has 0 radical (unpaired) electrons. The molecule has 0 bridgehead atoms. The molecule has 0 N–H and O–H groups in total. The smallest absolute Gasteiger partial charge is 0.138 e. The first-order chi connectivity index (χ1) is 19.7. The van der Waals surface area contributed by atoms with Gasteiger partial charge in [-0.1, -0.05) is 52.4 Å². The molecule has 0 amide bonds. The molecule has 0 aliphatic heterocycles. The summed E-state index contributed by atoms with van der Waals surface area (Å²) in [5.74, 6) is 4.32. The predicted octanol–water partition coefficient (Wildman–Crippen LogP) is 12.9. The first-order valence-corrected chi connectivity index (χ1v) is 19.6. The minimum absolute atomic E-state index is 0.992. The molecule has 5 rings (SSSR count). The number of fused-ring (bicyclic) bond motifs is 2. The van der Waals surface area contributed by atoms with Crippen LogP contribution in [0.25, 0.3) is 41.1 Å². The monoisotopic (exact) mass is 646 g/mol. The minimum atomic E-state index is 0.992. The number of thiophene rings is 4. The lowest BCUT2D eigenvalue weighted by atomic mass is 10.00. The summed E-state index contributed by atoms with van der Waals surface area (Å²) in [6.45, 7) is 4.54. The van der Waals surface area contributed by atoms with Crippen LogP contribution in [-0.2, 0) is 0 Å². The van der Waals surface area contributed by atoms with Crippen molar-refractivity contribution in [2.45, 2.75) is 73.6 Å². The van der Waals surface area contributed by atoms with Crippen LogP contribution in [-0.4, -0.2) is 25.7 Å². The highest BCUT2D eigenvalue weighted by atomic mass is 32.2. The zero-order valence-electron chi connectivity index (χ0n) is 23.8. The van der Waals surface area contributed by atoms with Gasteiger partial charge in [0, 0.05) is 43.4 Å². The standard InChI is InChI=1S/C32H38O2S6/c1-5-7-9-11-15-35-25-19-23(33-3)31(39-25)27-21-13-17-38-30(21)28(22-14-18-37-29(22)27)32-24(34-4)20-26(40-32)36-16-12-10-8-6-2/h13-14,17-20H,5-12,15-16H2,1-4H3. The van der Waals surface area contributed by atoms with E-state index in [1.165, 1.54) is 112 Å². The van der Waals surface area contributed by atoms with Crippen molar-refractivity contribution in [3.63, 3.8) is 0 Å². The van der Waals surface area contributed by atoms with E-state index in [9.17, 15) is 0 Å². The van der Waals surface area contributed by atoms with E-state index < -0.39 is 0 Å². The average Bonchev–Trinajstić information content (AvgIpc) is 3.77. The number of hydrogen-bond acceptors (Lipinski definition) is 8. The fourth-order valence-corrected chi connectivity index (χ4v) is 11.9. The summed E-state index contributed by atoms with van der Waals surface area (Å²) >= 11 is 11.4. The van der Waals surface area contributed by atoms with Crippen LogP contribution in [0, 0.1) is 0 Å². The number of ether oxygens (including phenoxy) is 2. The van der Waals surface area contributed by atoms with Crippen LogP contribution in [0.15, 0.2) is 43.4 Å². The third-order valence-electron chi connectivity index (χ3n) is 7.05. The highest BCUT2D eigenvalue weighted by Gasteiger charge is 2.25. The SMILES string of the molecule is CCCCCCSc1cc(OC)c(-c2c3ccsc3c(-c3sc(SCCCCCC)cc3OC)c3ccsc23)s1. The van der Waals surface area contributed by atoms with Crippen molar-refractivity contribution in [3.8, 4) is 32.4 Å². The molecule has 5 aromatic rings. The molecule has 0 unspecified atom stereocenters. The van der Waals surface area contributed by atoms with Crippen LogP contribution in [0.5, 0.6) is 11.5 Å². The molecule has 40 heavy (non-hydrogen) atoms. The lowest BCUT2D eigenvalue weighted by Gasteiger charge is -2.12. The van der Waals surface area contributed by atoms with E-state index in [1.54, 1.807) is 0 Å². The Labute approximate surface area is 263 Å². The van der Waals surface area contributed by atoms with E-state index >= 15 is 0 Å². The van der Waals surface area contributed by atoms with Gasteiger partial charge in [-0.15, -0.1) is 68.9 Å². The summed E-state index contributed by atoms with van der Waals surface area (Å²) in [7, 11) is 3.62. The quantitative estimate of drug-likeness (QED) is 0.0784. The number of benzene rings is 1. The van der Waals surface area contributed by atoms with Crippen LogP contribution in [0.3, 0.4) is 0 Å². The predicted molar refractivity (Wildman–Crippen MR) is 187 cm³/mol. The van der Waals surface area contributed by atoms with Gasteiger partial charge in [0.15, 0.2) is 0 Å². The molecule has 1 aromatic carbocycles. The first kappa shape index (κ1) is 30.3. The summed E-state index contributed by atoms with van der Waals surface area (Å²) in [6, 6.07) is 9.11. The maximum absolute atomic E-state index is 5.98. The molecule has 0 aliphatic carbocycles. The van der Waals surface area contributed by atoms with Gasteiger partial charge in [0.25, 0.3) is 0 Å². The number of unbranched alkanes of at least 4 members (excludes halogenated alkanes) is 6. The van der Waals surface area contributed by atoms with Gasteiger partial charge in [-0.3, -0.25) is 0 Å². The van der Waals surface area contributed by atoms with Crippen LogP contribution < -0.4 is 9.47 Å². The Hall–Kier alpha value is -1.16. The van der Waals surface area contributed by atoms with Gasteiger partial charge in [-0.25, -0.2) is 0 Å². The van der Waals surface area contributed by atoms with Crippen molar-refractivity contribution < 1.29 is 9.47 Å². The van der Waals surface area contributed by atoms with Gasteiger partial charge in [0.05, 0.1) is 32.4 Å². The molecular formula is C32H38O2S6. The molecule has 2 nitrogen and oxygen atoms in total. The van der Waals surface area contributed by atoms with Gasteiger partial charge in [-0.05, 0) is 47.2 Å². The van der Waals surface area contributed by atoms with E-state index in [1.807, 2.05) is 83.1 Å². The molecule has 0 saturated heterocycles. The summed E-state index contributed by atoms with van der Waals surface area (Å²) < 4.78 is 17.3. The molecule has 4 heterocycles. The zero-order valence-corrected chi connectivity index (χ0v) is 28.7. The highest BCUT2D eigenvalue weighted by molar-refractivity contribution is 8.01. The third-order valence-corrected chi connectivity index (χ3v) is 13.8. The van der Waals surface area contributed by atoms with Gasteiger partial charge in [0.1, 0.15) is 11.5 Å². The van der Waals surface area contributed by atoms with Gasteiger partial charge >= 0.3 is 0 Å². The second-order valence-electron chi connectivity index (χ2n) is 9.82. The number of rotatable bonds is 16. The third kappa shape index (κ3) is 6.57. The lowest BCUT2D eigenvalue weighted by molar-refractivity contribution is 0.417. The van der Waals surface area contributed by atoms with Gasteiger partial charge in [-0.2, -0.15) is 0 Å². The van der Waals surface area contributed by atoms with Crippen LogP contribution >= 0.6 is 68.9 Å². The number of methoxy groups -OCH3 is 2. The maximum Gasteiger partial charge on any atom is 0.138 e. The van der Waals surface area contributed by atoms with Crippen molar-refractivity contribution >= 4 is 89.0 Å². The summed E-state index contributed by atoms with van der Waals surface area (Å²) in [5.41, 5.74) is 2.65. The van der Waals surface area contributed by atoms with Crippen LogP contribution in [0.4, 0.5) is 0 Å². The van der Waals surface area contributed by atoms with E-state index in [2.05, 4.69) is 48.9 Å². The Bertz CT molecular complexity index is 1360. The Morgan fingerprint density at radius 1 is 0.625 bits per heavy atom. The Balaban J connectivity index is 1.53. The molecular weight excluding hydrogens is 609 g/mol. The highest BCUT2D eigenvalue weighted by Crippen LogP contribution is 2.55. The van der Waals surface area contributed by atoms with E-state index in [0.29, 0.717) is 0 Å². The second-order valence-corrected chi connectivity index (χ2v) is 16.5. The molecule has 8 heteroatoms. The second kappa shape index (κ2) is 14.8. The normalized spacial score (nSPS) is 11.7. The number of hydrogen-bond donors (Lipinski definition) is 0. The zero-order chi connectivity index (χ0) is 27.9. The van der Waals surface area contributed by atoms with E-state index in [4.69, 9.17) is 9.47 Å². The van der Waals surface area contributed by atoms with Gasteiger partial charge in [0.2, 0.25) is 0 Å². The minimum Gasteiger partial charge on any atom is -0.495 e. The van der Waals surface area contributed by atoms with Crippen LogP contribution in [0.2, 0.25) is 0 Å². The maximum atomic E-state index is 5.98.